The summed E-state index contributed by atoms with van der Waals surface area (Å²) in [6.45, 7) is 7.27. The lowest BCUT2D eigenvalue weighted by Crippen LogP contribution is -2.42. The zero-order valence-corrected chi connectivity index (χ0v) is 13.4. The van der Waals surface area contributed by atoms with E-state index in [2.05, 4.69) is 37.4 Å². The van der Waals surface area contributed by atoms with Crippen LogP contribution in [-0.2, 0) is 11.3 Å². The minimum Gasteiger partial charge on any atom is -0.372 e. The van der Waals surface area contributed by atoms with Gasteiger partial charge in [0.2, 0.25) is 0 Å². The molecule has 4 heteroatoms. The fourth-order valence-corrected chi connectivity index (χ4v) is 4.32. The van der Waals surface area contributed by atoms with Crippen molar-refractivity contribution in [3.05, 3.63) is 34.9 Å². The van der Waals surface area contributed by atoms with Crippen molar-refractivity contribution < 1.29 is 9.53 Å². The second kappa shape index (κ2) is 4.98. The van der Waals surface area contributed by atoms with Crippen LogP contribution in [0.5, 0.6) is 0 Å². The van der Waals surface area contributed by atoms with Gasteiger partial charge in [0.1, 0.15) is 0 Å². The number of fused-ring (bicyclic) bond motifs is 2. The van der Waals surface area contributed by atoms with E-state index in [0.29, 0.717) is 12.5 Å². The number of nitrogens with zero attached hydrogens (tertiary/aromatic N) is 1. The molecule has 2 saturated heterocycles. The molecule has 1 spiro atoms. The molecule has 1 aromatic carbocycles. The summed E-state index contributed by atoms with van der Waals surface area (Å²) in [4.78, 5) is 14.3. The highest BCUT2D eigenvalue weighted by molar-refractivity contribution is 5.74. The van der Waals surface area contributed by atoms with Crippen LogP contribution in [0.4, 0.5) is 4.79 Å². The first-order valence-electron chi connectivity index (χ1n) is 8.30. The Kier molecular flexibility index (Phi) is 3.19. The standard InChI is InChI=1S/C18H24N2O2/c1-12-5-13(2)7-14(6-12)9-19-17(21)20-4-3-18(11-20)16-8-15(16)10-22-18/h5-7,15-16H,3-4,8-11H2,1-2H3,(H,19,21). The van der Waals surface area contributed by atoms with Crippen molar-refractivity contribution in [3.8, 4) is 0 Å². The Bertz CT molecular complexity index is 595. The number of hydrogen-bond acceptors (Lipinski definition) is 2. The molecule has 0 radical (unpaired) electrons. The maximum absolute atomic E-state index is 12.4. The molecule has 118 valence electrons. The Hall–Kier alpha value is -1.55. The highest BCUT2D eigenvalue weighted by atomic mass is 16.5. The Balaban J connectivity index is 1.35. The van der Waals surface area contributed by atoms with Gasteiger partial charge >= 0.3 is 6.03 Å². The molecule has 0 bridgehead atoms. The van der Waals surface area contributed by atoms with E-state index in [1.807, 2.05) is 4.90 Å². The zero-order chi connectivity index (χ0) is 15.3. The van der Waals surface area contributed by atoms with E-state index in [4.69, 9.17) is 4.74 Å². The largest absolute Gasteiger partial charge is 0.372 e. The summed E-state index contributed by atoms with van der Waals surface area (Å²) < 4.78 is 6.02. The quantitative estimate of drug-likeness (QED) is 0.912. The first kappa shape index (κ1) is 14.1. The summed E-state index contributed by atoms with van der Waals surface area (Å²) in [6.07, 6.45) is 2.31. The van der Waals surface area contributed by atoms with Crippen LogP contribution in [0.25, 0.3) is 0 Å². The minimum atomic E-state index is -0.0120. The topological polar surface area (TPSA) is 41.6 Å². The molecule has 1 aliphatic carbocycles. The van der Waals surface area contributed by atoms with Gasteiger partial charge in [-0.25, -0.2) is 4.79 Å². The maximum atomic E-state index is 12.4. The smallest absolute Gasteiger partial charge is 0.317 e. The van der Waals surface area contributed by atoms with Crippen molar-refractivity contribution >= 4 is 6.03 Å². The van der Waals surface area contributed by atoms with Crippen molar-refractivity contribution in [1.29, 1.82) is 0 Å². The van der Waals surface area contributed by atoms with Gasteiger partial charge in [0, 0.05) is 13.1 Å². The number of rotatable bonds is 2. The molecular formula is C18H24N2O2. The van der Waals surface area contributed by atoms with Crippen LogP contribution in [0.2, 0.25) is 0 Å². The Morgan fingerprint density at radius 2 is 2.14 bits per heavy atom. The summed E-state index contributed by atoms with van der Waals surface area (Å²) in [5, 5.41) is 3.06. The van der Waals surface area contributed by atoms with E-state index >= 15 is 0 Å². The Morgan fingerprint density at radius 1 is 1.36 bits per heavy atom. The summed E-state index contributed by atoms with van der Waals surface area (Å²) >= 11 is 0. The molecule has 1 N–H and O–H groups in total. The van der Waals surface area contributed by atoms with Crippen LogP contribution in [0.3, 0.4) is 0 Å². The zero-order valence-electron chi connectivity index (χ0n) is 13.4. The minimum absolute atomic E-state index is 0.0120. The number of nitrogens with one attached hydrogen (secondary N) is 1. The first-order chi connectivity index (χ1) is 10.6. The second-order valence-corrected chi connectivity index (χ2v) is 7.30. The van der Waals surface area contributed by atoms with Gasteiger partial charge in [0.15, 0.2) is 0 Å². The number of ether oxygens (including phenoxy) is 1. The van der Waals surface area contributed by atoms with E-state index in [-0.39, 0.29) is 11.6 Å². The predicted octanol–water partition coefficient (Wildman–Crippen LogP) is 2.62. The molecule has 1 saturated carbocycles. The highest BCUT2D eigenvalue weighted by Crippen LogP contribution is 2.57. The van der Waals surface area contributed by atoms with E-state index in [9.17, 15) is 4.79 Å². The van der Waals surface area contributed by atoms with Crippen molar-refractivity contribution in [2.24, 2.45) is 11.8 Å². The number of urea groups is 1. The fourth-order valence-electron chi connectivity index (χ4n) is 4.32. The number of carbonyl (C=O) groups excluding carboxylic acids is 1. The highest BCUT2D eigenvalue weighted by Gasteiger charge is 2.61. The summed E-state index contributed by atoms with van der Waals surface area (Å²) in [5.41, 5.74) is 3.63. The van der Waals surface area contributed by atoms with Crippen LogP contribution in [0.1, 0.15) is 29.5 Å². The van der Waals surface area contributed by atoms with Gasteiger partial charge in [-0.1, -0.05) is 29.3 Å². The monoisotopic (exact) mass is 300 g/mol. The first-order valence-corrected chi connectivity index (χ1v) is 8.30. The molecule has 1 aromatic rings. The Morgan fingerprint density at radius 3 is 2.77 bits per heavy atom. The van der Waals surface area contributed by atoms with E-state index in [1.165, 1.54) is 23.1 Å². The van der Waals surface area contributed by atoms with Gasteiger partial charge in [-0.05, 0) is 44.1 Å². The third-order valence-electron chi connectivity index (χ3n) is 5.46. The van der Waals surface area contributed by atoms with E-state index in [1.54, 1.807) is 0 Å². The third-order valence-corrected chi connectivity index (χ3v) is 5.46. The molecule has 0 aromatic heterocycles. The van der Waals surface area contributed by atoms with Crippen molar-refractivity contribution in [1.82, 2.24) is 10.2 Å². The van der Waals surface area contributed by atoms with Gasteiger partial charge in [-0.2, -0.15) is 0 Å². The SMILES string of the molecule is Cc1cc(C)cc(CNC(=O)N2CCC3(C2)OCC2CC23)c1. The molecule has 22 heavy (non-hydrogen) atoms. The lowest BCUT2D eigenvalue weighted by Gasteiger charge is -2.26. The van der Waals surface area contributed by atoms with Crippen molar-refractivity contribution in [2.75, 3.05) is 19.7 Å². The molecular weight excluding hydrogens is 276 g/mol. The molecule has 4 rings (SSSR count). The van der Waals surface area contributed by atoms with E-state index < -0.39 is 0 Å². The van der Waals surface area contributed by atoms with E-state index in [0.717, 1.165) is 32.0 Å². The van der Waals surface area contributed by atoms with Crippen molar-refractivity contribution in [2.45, 2.75) is 38.8 Å². The molecule has 4 nitrogen and oxygen atoms in total. The van der Waals surface area contributed by atoms with Gasteiger partial charge < -0.3 is 15.0 Å². The number of amides is 2. The molecule has 2 aliphatic heterocycles. The number of benzene rings is 1. The number of aryl methyl sites for hydroxylation is 2. The van der Waals surface area contributed by atoms with Gasteiger partial charge in [-0.15, -0.1) is 0 Å². The summed E-state index contributed by atoms with van der Waals surface area (Å²) in [6, 6.07) is 6.46. The fraction of sp³-hybridized carbons (Fsp3) is 0.611. The average molecular weight is 300 g/mol. The number of carbonyl (C=O) groups is 1. The molecule has 2 heterocycles. The molecule has 3 aliphatic rings. The summed E-state index contributed by atoms with van der Waals surface area (Å²) in [7, 11) is 0. The van der Waals surface area contributed by atoms with Crippen molar-refractivity contribution in [3.63, 3.8) is 0 Å². The lowest BCUT2D eigenvalue weighted by atomic mass is 9.97. The second-order valence-electron chi connectivity index (χ2n) is 7.30. The Labute approximate surface area is 131 Å². The van der Waals surface area contributed by atoms with Crippen LogP contribution < -0.4 is 5.32 Å². The van der Waals surface area contributed by atoms with Gasteiger partial charge in [0.05, 0.1) is 18.8 Å². The molecule has 3 unspecified atom stereocenters. The number of hydrogen-bond donors (Lipinski definition) is 1. The van der Waals surface area contributed by atoms with Crippen LogP contribution >= 0.6 is 0 Å². The summed E-state index contributed by atoms with van der Waals surface area (Å²) in [5.74, 6) is 1.49. The normalized spacial score (nSPS) is 32.4. The third kappa shape index (κ3) is 2.39. The maximum Gasteiger partial charge on any atom is 0.317 e. The number of likely N-dealkylation sites (tertiary alicyclic amines) is 1. The average Bonchev–Trinajstić information content (AvgIpc) is 3.03. The van der Waals surface area contributed by atoms with Crippen LogP contribution in [0.15, 0.2) is 18.2 Å². The molecule has 3 fully saturated rings. The van der Waals surface area contributed by atoms with Gasteiger partial charge in [-0.3, -0.25) is 0 Å². The van der Waals surface area contributed by atoms with Crippen LogP contribution in [-0.4, -0.2) is 36.2 Å². The van der Waals surface area contributed by atoms with Gasteiger partial charge in [0.25, 0.3) is 0 Å². The molecule has 3 atom stereocenters. The lowest BCUT2D eigenvalue weighted by molar-refractivity contribution is -0.0136. The van der Waals surface area contributed by atoms with Crippen LogP contribution in [0, 0.1) is 25.7 Å². The predicted molar refractivity (Wildman–Crippen MR) is 84.6 cm³/mol. The molecule has 2 amide bonds.